The quantitative estimate of drug-likeness (QED) is 0.804. The van der Waals surface area contributed by atoms with E-state index in [9.17, 15) is 14.0 Å². The van der Waals surface area contributed by atoms with E-state index < -0.39 is 5.60 Å². The van der Waals surface area contributed by atoms with E-state index in [1.165, 1.54) is 24.5 Å². The SMILES string of the molecule is C[C@@]12CCN(C(=O)c3ncccn3)C[C@H]1N(c1ccc(F)cc1)C(=O)CO2. The fourth-order valence-corrected chi connectivity index (χ4v) is 3.67. The number of amides is 2. The van der Waals surface area contributed by atoms with Crippen molar-refractivity contribution in [1.29, 1.82) is 0 Å². The number of nitrogens with zero attached hydrogens (tertiary/aromatic N) is 4. The molecule has 0 aliphatic carbocycles. The maximum atomic E-state index is 13.3. The average Bonchev–Trinajstić information content (AvgIpc) is 2.69. The van der Waals surface area contributed by atoms with Gasteiger partial charge in [-0.3, -0.25) is 9.59 Å². The Morgan fingerprint density at radius 3 is 2.67 bits per heavy atom. The molecule has 1 aromatic heterocycles. The van der Waals surface area contributed by atoms with Gasteiger partial charge in [0.05, 0.1) is 11.6 Å². The third kappa shape index (κ3) is 3.16. The van der Waals surface area contributed by atoms with E-state index in [4.69, 9.17) is 4.74 Å². The van der Waals surface area contributed by atoms with E-state index in [0.717, 1.165) is 0 Å². The summed E-state index contributed by atoms with van der Waals surface area (Å²) < 4.78 is 19.2. The zero-order valence-corrected chi connectivity index (χ0v) is 14.8. The van der Waals surface area contributed by atoms with Crippen molar-refractivity contribution in [3.8, 4) is 0 Å². The number of hydrogen-bond acceptors (Lipinski definition) is 5. The van der Waals surface area contributed by atoms with Gasteiger partial charge in [0.1, 0.15) is 12.4 Å². The molecule has 0 unspecified atom stereocenters. The molecular formula is C19H19FN4O3. The number of anilines is 1. The predicted octanol–water partition coefficient (Wildman–Crippen LogP) is 1.65. The maximum Gasteiger partial charge on any atom is 0.291 e. The number of likely N-dealkylation sites (tertiary alicyclic amines) is 1. The van der Waals surface area contributed by atoms with Crippen LogP contribution in [-0.4, -0.2) is 58.0 Å². The number of carbonyl (C=O) groups excluding carboxylic acids is 2. The Labute approximate surface area is 155 Å². The normalized spacial score (nSPS) is 25.3. The van der Waals surface area contributed by atoms with Crippen molar-refractivity contribution in [2.75, 3.05) is 24.6 Å². The topological polar surface area (TPSA) is 75.6 Å². The van der Waals surface area contributed by atoms with E-state index in [2.05, 4.69) is 9.97 Å². The predicted molar refractivity (Wildman–Crippen MR) is 94.6 cm³/mol. The first-order valence-electron chi connectivity index (χ1n) is 8.76. The highest BCUT2D eigenvalue weighted by molar-refractivity contribution is 5.96. The number of piperidine rings is 1. The number of carbonyl (C=O) groups is 2. The van der Waals surface area contributed by atoms with Gasteiger partial charge in [0.25, 0.3) is 11.8 Å². The van der Waals surface area contributed by atoms with Crippen molar-refractivity contribution in [3.05, 3.63) is 54.4 Å². The molecule has 2 amide bonds. The summed E-state index contributed by atoms with van der Waals surface area (Å²) in [6.07, 6.45) is 3.61. The maximum absolute atomic E-state index is 13.3. The minimum absolute atomic E-state index is 0.0415. The van der Waals surface area contributed by atoms with Gasteiger partial charge in [-0.2, -0.15) is 0 Å². The van der Waals surface area contributed by atoms with Crippen molar-refractivity contribution in [2.24, 2.45) is 0 Å². The molecule has 0 spiro atoms. The highest BCUT2D eigenvalue weighted by Gasteiger charge is 2.50. The second-order valence-corrected chi connectivity index (χ2v) is 6.93. The average molecular weight is 370 g/mol. The van der Waals surface area contributed by atoms with Gasteiger partial charge < -0.3 is 14.5 Å². The lowest BCUT2D eigenvalue weighted by Gasteiger charge is -2.52. The van der Waals surface area contributed by atoms with E-state index in [0.29, 0.717) is 18.7 Å². The molecule has 140 valence electrons. The smallest absolute Gasteiger partial charge is 0.291 e. The number of aromatic nitrogens is 2. The van der Waals surface area contributed by atoms with Crippen LogP contribution in [0.4, 0.5) is 10.1 Å². The highest BCUT2D eigenvalue weighted by atomic mass is 19.1. The molecule has 0 N–H and O–H groups in total. The van der Waals surface area contributed by atoms with Crippen LogP contribution in [0.2, 0.25) is 0 Å². The molecule has 4 rings (SSSR count). The zero-order valence-electron chi connectivity index (χ0n) is 14.8. The van der Waals surface area contributed by atoms with Crippen LogP contribution in [0.3, 0.4) is 0 Å². The van der Waals surface area contributed by atoms with Crippen LogP contribution >= 0.6 is 0 Å². The molecule has 2 aliphatic heterocycles. The first-order valence-corrected chi connectivity index (χ1v) is 8.76. The minimum Gasteiger partial charge on any atom is -0.363 e. The van der Waals surface area contributed by atoms with Crippen LogP contribution in [0, 0.1) is 5.82 Å². The largest absolute Gasteiger partial charge is 0.363 e. The van der Waals surface area contributed by atoms with Gasteiger partial charge in [0.15, 0.2) is 0 Å². The summed E-state index contributed by atoms with van der Waals surface area (Å²) in [5, 5.41) is 0. The van der Waals surface area contributed by atoms with E-state index in [-0.39, 0.29) is 42.6 Å². The van der Waals surface area contributed by atoms with Crippen LogP contribution in [0.1, 0.15) is 24.0 Å². The van der Waals surface area contributed by atoms with Crippen molar-refractivity contribution >= 4 is 17.5 Å². The van der Waals surface area contributed by atoms with Crippen LogP contribution < -0.4 is 4.90 Å². The molecule has 0 radical (unpaired) electrons. The first kappa shape index (κ1) is 17.5. The summed E-state index contributed by atoms with van der Waals surface area (Å²) >= 11 is 0. The molecule has 0 saturated carbocycles. The van der Waals surface area contributed by atoms with Gasteiger partial charge >= 0.3 is 0 Å². The van der Waals surface area contributed by atoms with Gasteiger partial charge in [-0.15, -0.1) is 0 Å². The summed E-state index contributed by atoms with van der Waals surface area (Å²) in [7, 11) is 0. The molecule has 1 aromatic carbocycles. The molecule has 27 heavy (non-hydrogen) atoms. The molecule has 2 saturated heterocycles. The number of morpholine rings is 1. The van der Waals surface area contributed by atoms with Gasteiger partial charge in [0.2, 0.25) is 5.82 Å². The molecular weight excluding hydrogens is 351 g/mol. The molecule has 7 nitrogen and oxygen atoms in total. The molecule has 0 bridgehead atoms. The number of ether oxygens (including phenoxy) is 1. The van der Waals surface area contributed by atoms with E-state index in [1.54, 1.807) is 28.0 Å². The summed E-state index contributed by atoms with van der Waals surface area (Å²) in [4.78, 5) is 36.7. The summed E-state index contributed by atoms with van der Waals surface area (Å²) in [6.45, 7) is 2.67. The number of rotatable bonds is 2. The Morgan fingerprint density at radius 2 is 1.96 bits per heavy atom. The van der Waals surface area contributed by atoms with Crippen molar-refractivity contribution in [1.82, 2.24) is 14.9 Å². The fourth-order valence-electron chi connectivity index (χ4n) is 3.67. The van der Waals surface area contributed by atoms with Crippen molar-refractivity contribution in [3.63, 3.8) is 0 Å². The van der Waals surface area contributed by atoms with Crippen LogP contribution in [0.25, 0.3) is 0 Å². The van der Waals surface area contributed by atoms with Gasteiger partial charge in [0, 0.05) is 31.2 Å². The van der Waals surface area contributed by atoms with Gasteiger partial charge in [-0.25, -0.2) is 14.4 Å². The molecule has 3 heterocycles. The second kappa shape index (κ2) is 6.70. The van der Waals surface area contributed by atoms with Crippen LogP contribution in [-0.2, 0) is 9.53 Å². The molecule has 2 aromatic rings. The summed E-state index contributed by atoms with van der Waals surface area (Å²) in [5.74, 6) is -0.745. The van der Waals surface area contributed by atoms with Crippen molar-refractivity contribution in [2.45, 2.75) is 25.0 Å². The second-order valence-electron chi connectivity index (χ2n) is 6.93. The highest BCUT2D eigenvalue weighted by Crippen LogP contribution is 2.36. The van der Waals surface area contributed by atoms with Crippen LogP contribution in [0.5, 0.6) is 0 Å². The van der Waals surface area contributed by atoms with E-state index >= 15 is 0 Å². The standard InChI is InChI=1S/C19H19FN4O3/c1-19-7-10-23(18(26)17-21-8-2-9-22-17)11-15(19)24(16(25)12-27-19)14-5-3-13(20)4-6-14/h2-6,8-9,15H,7,10-12H2,1H3/t15-,19-/m1/s1. The Bertz CT molecular complexity index is 861. The fraction of sp³-hybridized carbons (Fsp3) is 0.368. The zero-order chi connectivity index (χ0) is 19.0. The van der Waals surface area contributed by atoms with E-state index in [1.807, 2.05) is 6.92 Å². The summed E-state index contributed by atoms with van der Waals surface area (Å²) in [5.41, 5.74) is 0.00237. The minimum atomic E-state index is -0.587. The summed E-state index contributed by atoms with van der Waals surface area (Å²) in [6, 6.07) is 7.04. The Balaban J connectivity index is 1.64. The lowest BCUT2D eigenvalue weighted by Crippen LogP contribution is -2.68. The molecule has 2 atom stereocenters. The number of hydrogen-bond donors (Lipinski definition) is 0. The lowest BCUT2D eigenvalue weighted by molar-refractivity contribution is -0.149. The van der Waals surface area contributed by atoms with Crippen LogP contribution in [0.15, 0.2) is 42.7 Å². The molecule has 2 fully saturated rings. The van der Waals surface area contributed by atoms with Gasteiger partial charge in [-0.05, 0) is 43.7 Å². The number of benzene rings is 1. The van der Waals surface area contributed by atoms with Crippen molar-refractivity contribution < 1.29 is 18.7 Å². The van der Waals surface area contributed by atoms with Gasteiger partial charge in [-0.1, -0.05) is 0 Å². The first-order chi connectivity index (χ1) is 13.0. The molecule has 2 aliphatic rings. The Kier molecular flexibility index (Phi) is 4.35. The number of halogens is 1. The third-order valence-corrected chi connectivity index (χ3v) is 5.23. The monoisotopic (exact) mass is 370 g/mol. The molecule has 8 heteroatoms. The Hall–Kier alpha value is -2.87. The Morgan fingerprint density at radius 1 is 1.26 bits per heavy atom. The lowest BCUT2D eigenvalue weighted by atomic mass is 9.85. The number of fused-ring (bicyclic) bond motifs is 1. The third-order valence-electron chi connectivity index (χ3n) is 5.23.